The summed E-state index contributed by atoms with van der Waals surface area (Å²) in [5.74, 6) is 0.968. The molecule has 0 amide bonds. The van der Waals surface area contributed by atoms with Crippen LogP contribution in [-0.2, 0) is 52.2 Å². The van der Waals surface area contributed by atoms with E-state index >= 15 is 0 Å². The standard InChI is InChI=1S/C79H152O11Si6/c1-38-96(39-2,40-3)90-73(59(5)45-43-46-61(7)74(81)83-27)64(10)69(86-92(30,31)76(14,15)16)47-42-41-44-58(4)68(85-91(28,29)75(11,12)13)53-48-60(6)72(89-95(36,37)79(23,24)25)62(8)54-70(87-93(32,33)77(17,18)19)71(88-94(34,35)78(20,21)22)56-67(55-63(9)80)84-57-65-49-51-66(82-26)52-50-65/h41,44,46,48-54,58-60,64,67-73H,38-40,42-43,45,47,55-57H2,1-37H3/b44-41+,53-48+,61-46+,62-54+/t58-,59-,60-,64-,67-,68-,69-,70-,71+,72+,73+/m0/s1. The van der Waals surface area contributed by atoms with Crippen LogP contribution in [0.5, 0.6) is 5.75 Å². The van der Waals surface area contributed by atoms with Gasteiger partial charge in [0, 0.05) is 36.2 Å². The van der Waals surface area contributed by atoms with E-state index < -0.39 is 68.2 Å². The Morgan fingerprint density at radius 1 is 0.521 bits per heavy atom. The molecular formula is C79H152O11Si6. The van der Waals surface area contributed by atoms with Gasteiger partial charge in [0.1, 0.15) is 11.5 Å². The van der Waals surface area contributed by atoms with Gasteiger partial charge in [-0.3, -0.25) is 4.79 Å². The molecule has 0 aromatic heterocycles. The fraction of sp³-hybridized carbons (Fsp3) is 0.797. The summed E-state index contributed by atoms with van der Waals surface area (Å²) in [6.07, 6.45) is 16.2. The van der Waals surface area contributed by atoms with Crippen molar-refractivity contribution in [3.05, 3.63) is 77.4 Å². The maximum atomic E-state index is 13.3. The number of benzene rings is 1. The van der Waals surface area contributed by atoms with Crippen molar-refractivity contribution in [2.45, 2.75) is 370 Å². The van der Waals surface area contributed by atoms with E-state index in [-0.39, 0.29) is 91.5 Å². The zero-order chi connectivity index (χ0) is 74.8. The van der Waals surface area contributed by atoms with E-state index in [2.05, 4.69) is 255 Å². The van der Waals surface area contributed by atoms with Crippen LogP contribution >= 0.6 is 0 Å². The van der Waals surface area contributed by atoms with E-state index in [0.29, 0.717) is 18.6 Å². The molecule has 1 rings (SSSR count). The van der Waals surface area contributed by atoms with Crippen LogP contribution in [0.2, 0.25) is 109 Å². The number of ether oxygens (including phenoxy) is 3. The minimum Gasteiger partial charge on any atom is -0.497 e. The van der Waals surface area contributed by atoms with Crippen LogP contribution in [0.1, 0.15) is 217 Å². The summed E-state index contributed by atoms with van der Waals surface area (Å²) in [7, 11) is -10.9. The lowest BCUT2D eigenvalue weighted by Crippen LogP contribution is -2.52. The number of ketones is 1. The Morgan fingerprint density at radius 2 is 0.969 bits per heavy atom. The van der Waals surface area contributed by atoms with Gasteiger partial charge < -0.3 is 40.8 Å². The van der Waals surface area contributed by atoms with Crippen molar-refractivity contribution in [2.24, 2.45) is 23.7 Å². The number of rotatable bonds is 41. The van der Waals surface area contributed by atoms with Crippen LogP contribution in [0, 0.1) is 23.7 Å². The van der Waals surface area contributed by atoms with Gasteiger partial charge in [-0.05, 0) is 184 Å². The Morgan fingerprint density at radius 3 is 1.41 bits per heavy atom. The summed E-state index contributed by atoms with van der Waals surface area (Å²) >= 11 is 0. The normalized spacial score (nSPS) is 18.0. The fourth-order valence-corrected chi connectivity index (χ4v) is 20.6. The molecular weight excluding hydrogens is 1290 g/mol. The predicted octanol–water partition coefficient (Wildman–Crippen LogP) is 23.6. The van der Waals surface area contributed by atoms with Gasteiger partial charge in [0.25, 0.3) is 0 Å². The van der Waals surface area contributed by atoms with Crippen LogP contribution in [0.4, 0.5) is 0 Å². The highest BCUT2D eigenvalue weighted by Crippen LogP contribution is 2.46. The van der Waals surface area contributed by atoms with E-state index in [9.17, 15) is 9.59 Å². The minimum atomic E-state index is -2.50. The van der Waals surface area contributed by atoms with Crippen LogP contribution in [0.3, 0.4) is 0 Å². The lowest BCUT2D eigenvalue weighted by Gasteiger charge is -2.46. The van der Waals surface area contributed by atoms with Gasteiger partial charge in [0.15, 0.2) is 49.9 Å². The fourth-order valence-electron chi connectivity index (χ4n) is 10.8. The van der Waals surface area contributed by atoms with Crippen LogP contribution < -0.4 is 4.74 Å². The molecule has 0 spiro atoms. The van der Waals surface area contributed by atoms with Crippen molar-refractivity contribution in [1.82, 2.24) is 0 Å². The Hall–Kier alpha value is -1.86. The quantitative estimate of drug-likeness (QED) is 0.0270. The van der Waals surface area contributed by atoms with E-state index in [1.165, 1.54) is 7.11 Å². The van der Waals surface area contributed by atoms with Crippen molar-refractivity contribution in [3.8, 4) is 5.75 Å². The molecule has 0 saturated heterocycles. The van der Waals surface area contributed by atoms with E-state index in [4.69, 9.17) is 40.8 Å². The molecule has 0 bridgehead atoms. The summed E-state index contributed by atoms with van der Waals surface area (Å²) in [4.78, 5) is 25.7. The summed E-state index contributed by atoms with van der Waals surface area (Å²) in [5.41, 5.74) is 2.76. The first-order chi connectivity index (χ1) is 43.4. The van der Waals surface area contributed by atoms with Crippen molar-refractivity contribution in [1.29, 1.82) is 0 Å². The summed E-state index contributed by atoms with van der Waals surface area (Å²) in [5, 5.41) is -0.267. The monoisotopic (exact) mass is 1440 g/mol. The molecule has 0 aliphatic rings. The molecule has 1 aromatic carbocycles. The summed E-state index contributed by atoms with van der Waals surface area (Å²) in [6, 6.07) is 11.2. The van der Waals surface area contributed by atoms with E-state index in [1.807, 2.05) is 37.3 Å². The first kappa shape index (κ1) is 92.2. The second-order valence-corrected chi connectivity index (χ2v) is 64.9. The molecule has 0 N–H and O–H groups in total. The van der Waals surface area contributed by atoms with E-state index in [0.717, 1.165) is 60.7 Å². The van der Waals surface area contributed by atoms with Crippen LogP contribution in [0.25, 0.3) is 0 Å². The highest BCUT2D eigenvalue weighted by molar-refractivity contribution is 6.76. The summed E-state index contributed by atoms with van der Waals surface area (Å²) < 4.78 is 63.2. The van der Waals surface area contributed by atoms with Gasteiger partial charge in [-0.2, -0.15) is 0 Å². The molecule has 1 aromatic rings. The SMILES string of the molecule is CC[Si](CC)(CC)O[C@@H]([C@@H](C)[C@H](CC/C=C/[C@H](C)[C@H](/C=C/[C@H](C)[C@@H](O[Si](C)(C)C(C)(C)C)/C(C)=C/[C@H](O[Si](C)(C)C(C)(C)C)[C@@H](C[C@H](CC(C)=O)OCc1ccc(OC)cc1)O[Si](C)(C)C(C)(C)C)O[Si](C)(C)C(C)(C)C)O[Si](C)(C)C(C)(C)C)[C@@H](C)CC/C=C(\C)C(=O)OC. The molecule has 0 fully saturated rings. The van der Waals surface area contributed by atoms with Gasteiger partial charge in [-0.1, -0.05) is 201 Å². The van der Waals surface area contributed by atoms with Crippen molar-refractivity contribution in [3.63, 3.8) is 0 Å². The first-order valence-corrected chi connectivity index (χ1v) is 54.1. The van der Waals surface area contributed by atoms with Gasteiger partial charge in [0.2, 0.25) is 0 Å². The molecule has 0 radical (unpaired) electrons. The first-order valence-electron chi connectivity index (χ1n) is 37.0. The molecule has 0 aliphatic carbocycles. The highest BCUT2D eigenvalue weighted by Gasteiger charge is 2.48. The average molecular weight is 1450 g/mol. The Balaban J connectivity index is 4.34. The smallest absolute Gasteiger partial charge is 0.333 e. The number of methoxy groups -OCH3 is 2. The number of esters is 1. The third-order valence-electron chi connectivity index (χ3n) is 23.3. The largest absolute Gasteiger partial charge is 0.497 e. The molecule has 0 unspecified atom stereocenters. The lowest BCUT2D eigenvalue weighted by molar-refractivity contribution is -0.136. The second kappa shape index (κ2) is 38.1. The third kappa shape index (κ3) is 28.8. The van der Waals surface area contributed by atoms with Crippen molar-refractivity contribution < 1.29 is 50.4 Å². The number of Topliss-reactive ketones (excluding diaryl/α,β-unsaturated/α-hetero) is 1. The van der Waals surface area contributed by atoms with Gasteiger partial charge in [-0.15, -0.1) is 0 Å². The second-order valence-electron chi connectivity index (χ2n) is 36.4. The molecule has 558 valence electrons. The van der Waals surface area contributed by atoms with Crippen LogP contribution in [0.15, 0.2) is 71.9 Å². The maximum absolute atomic E-state index is 13.3. The molecule has 17 heteroatoms. The zero-order valence-electron chi connectivity index (χ0n) is 69.2. The highest BCUT2D eigenvalue weighted by atomic mass is 28.4. The number of allylic oxidation sites excluding steroid dienone is 2. The maximum Gasteiger partial charge on any atom is 0.333 e. The van der Waals surface area contributed by atoms with Gasteiger partial charge in [-0.25, -0.2) is 4.79 Å². The number of hydrogen-bond acceptors (Lipinski definition) is 11. The molecule has 0 aliphatic heterocycles. The molecule has 11 atom stereocenters. The van der Waals surface area contributed by atoms with Gasteiger partial charge in [0.05, 0.1) is 63.6 Å². The summed E-state index contributed by atoms with van der Waals surface area (Å²) in [6.45, 7) is 80.7. The molecule has 0 saturated carbocycles. The predicted molar refractivity (Wildman–Crippen MR) is 427 cm³/mol. The third-order valence-corrected chi connectivity index (χ3v) is 50.4. The average Bonchev–Trinajstić information content (AvgIpc) is 0.763. The zero-order valence-corrected chi connectivity index (χ0v) is 75.2. The number of carbonyl (C=O) groups is 2. The number of hydrogen-bond donors (Lipinski definition) is 0. The Kier molecular flexibility index (Phi) is 36.5. The molecule has 96 heavy (non-hydrogen) atoms. The van der Waals surface area contributed by atoms with Crippen molar-refractivity contribution in [2.75, 3.05) is 14.2 Å². The Labute approximate surface area is 599 Å². The number of carbonyl (C=O) groups excluding carboxylic acids is 2. The molecule has 11 nitrogen and oxygen atoms in total. The van der Waals surface area contributed by atoms with Crippen molar-refractivity contribution >= 4 is 61.7 Å². The molecule has 0 heterocycles. The Bertz CT molecular complexity index is 2590. The lowest BCUT2D eigenvalue weighted by atomic mass is 9.85. The minimum absolute atomic E-state index is 0.00655. The van der Waals surface area contributed by atoms with E-state index in [1.54, 1.807) is 14.0 Å². The topological polar surface area (TPSA) is 117 Å². The van der Waals surface area contributed by atoms with Crippen LogP contribution in [-0.4, -0.2) is 119 Å². The van der Waals surface area contributed by atoms with Gasteiger partial charge >= 0.3 is 5.97 Å².